The van der Waals surface area contributed by atoms with Crippen LogP contribution in [-0.2, 0) is 4.74 Å². The molecule has 0 aliphatic carbocycles. The summed E-state index contributed by atoms with van der Waals surface area (Å²) >= 11 is 0. The molecule has 0 spiro atoms. The molecule has 0 bridgehead atoms. The van der Waals surface area contributed by atoms with Crippen molar-refractivity contribution in [3.05, 3.63) is 12.7 Å². The van der Waals surface area contributed by atoms with Gasteiger partial charge in [-0.1, -0.05) is 0 Å². The van der Waals surface area contributed by atoms with Gasteiger partial charge in [0.2, 0.25) is 0 Å². The van der Waals surface area contributed by atoms with Crippen molar-refractivity contribution in [1.29, 1.82) is 0 Å². The maximum absolute atomic E-state index is 10.7. The summed E-state index contributed by atoms with van der Waals surface area (Å²) in [5, 5.41) is 50.4. The fourth-order valence-electron chi connectivity index (χ4n) is 2.82. The Hall–Kier alpha value is -1.89. The van der Waals surface area contributed by atoms with Crippen LogP contribution in [0.2, 0.25) is 0 Å². The van der Waals surface area contributed by atoms with Gasteiger partial charge >= 0.3 is 0 Å². The molecular formula is C13H19N5O6. The van der Waals surface area contributed by atoms with Gasteiger partial charge in [0.15, 0.2) is 17.7 Å². The summed E-state index contributed by atoms with van der Waals surface area (Å²) in [5.74, 6) is 0.117. The summed E-state index contributed by atoms with van der Waals surface area (Å²) in [5.41, 5.74) is 4.18. The number of imidazole rings is 1. The van der Waals surface area contributed by atoms with Crippen LogP contribution in [0.5, 0.6) is 0 Å². The molecule has 0 radical (unpaired) electrons. The highest BCUT2D eigenvalue weighted by Gasteiger charge is 2.52. The maximum Gasteiger partial charge on any atom is 0.168 e. The van der Waals surface area contributed by atoms with Crippen LogP contribution in [0, 0.1) is 0 Å². The van der Waals surface area contributed by atoms with Gasteiger partial charge in [0.1, 0.15) is 41.9 Å². The largest absolute Gasteiger partial charge is 0.394 e. The van der Waals surface area contributed by atoms with E-state index < -0.39 is 42.9 Å². The van der Waals surface area contributed by atoms with E-state index in [1.54, 1.807) is 0 Å². The van der Waals surface area contributed by atoms with Crippen molar-refractivity contribution in [2.24, 2.45) is 0 Å². The third-order valence-electron chi connectivity index (χ3n) is 4.28. The molecule has 0 aromatic carbocycles. The molecule has 1 fully saturated rings. The SMILES string of the molecule is C[C@@]1(O)[C@H](O)[C@H](O)[C@H](O)[C@@H](CO)O[C@H]1n1cnc2c(N)ncnc21. The first-order valence-electron chi connectivity index (χ1n) is 7.25. The second-order valence-corrected chi connectivity index (χ2v) is 5.94. The smallest absolute Gasteiger partial charge is 0.168 e. The van der Waals surface area contributed by atoms with Crippen LogP contribution >= 0.6 is 0 Å². The summed E-state index contributed by atoms with van der Waals surface area (Å²) in [6.45, 7) is 0.593. The van der Waals surface area contributed by atoms with Crippen molar-refractivity contribution in [2.75, 3.05) is 12.3 Å². The molecule has 11 nitrogen and oxygen atoms in total. The van der Waals surface area contributed by atoms with Crippen molar-refractivity contribution in [3.8, 4) is 0 Å². The zero-order chi connectivity index (χ0) is 17.6. The number of aliphatic hydroxyl groups is 5. The van der Waals surface area contributed by atoms with Crippen molar-refractivity contribution >= 4 is 17.0 Å². The van der Waals surface area contributed by atoms with E-state index in [2.05, 4.69) is 15.0 Å². The topological polar surface area (TPSA) is 180 Å². The Morgan fingerprint density at radius 3 is 2.62 bits per heavy atom. The molecule has 2 aromatic heterocycles. The summed E-state index contributed by atoms with van der Waals surface area (Å²) in [7, 11) is 0. The molecule has 1 saturated heterocycles. The molecule has 3 heterocycles. The van der Waals surface area contributed by atoms with Crippen LogP contribution in [0.3, 0.4) is 0 Å². The maximum atomic E-state index is 10.7. The normalized spacial score (nSPS) is 37.5. The van der Waals surface area contributed by atoms with Crippen molar-refractivity contribution < 1.29 is 30.3 Å². The zero-order valence-electron chi connectivity index (χ0n) is 12.8. The summed E-state index contributed by atoms with van der Waals surface area (Å²) in [6, 6.07) is 0. The second kappa shape index (κ2) is 5.88. The van der Waals surface area contributed by atoms with Gasteiger partial charge in [-0.3, -0.25) is 4.57 Å². The molecular weight excluding hydrogens is 322 g/mol. The number of hydrogen-bond donors (Lipinski definition) is 6. The summed E-state index contributed by atoms with van der Waals surface area (Å²) in [6.07, 6.45) is -5.16. The molecule has 11 heteroatoms. The minimum absolute atomic E-state index is 0.117. The predicted octanol–water partition coefficient (Wildman–Crippen LogP) is -2.87. The predicted molar refractivity (Wildman–Crippen MR) is 79.4 cm³/mol. The lowest BCUT2D eigenvalue weighted by atomic mass is 9.90. The van der Waals surface area contributed by atoms with E-state index in [1.807, 2.05) is 0 Å². The number of anilines is 1. The van der Waals surface area contributed by atoms with E-state index in [4.69, 9.17) is 10.5 Å². The van der Waals surface area contributed by atoms with E-state index >= 15 is 0 Å². The number of ether oxygens (including phenoxy) is 1. The van der Waals surface area contributed by atoms with Gasteiger partial charge in [0, 0.05) is 0 Å². The number of aromatic nitrogens is 4. The van der Waals surface area contributed by atoms with E-state index in [1.165, 1.54) is 24.1 Å². The third kappa shape index (κ3) is 2.42. The fourth-order valence-corrected chi connectivity index (χ4v) is 2.82. The molecule has 1 aliphatic rings. The Kier molecular flexibility index (Phi) is 4.15. The van der Waals surface area contributed by atoms with Crippen LogP contribution in [0.4, 0.5) is 5.82 Å². The van der Waals surface area contributed by atoms with Gasteiger partial charge in [-0.05, 0) is 6.92 Å². The van der Waals surface area contributed by atoms with E-state index in [9.17, 15) is 25.5 Å². The van der Waals surface area contributed by atoms with E-state index in [0.29, 0.717) is 0 Å². The first-order valence-corrected chi connectivity index (χ1v) is 7.25. The van der Waals surface area contributed by atoms with Gasteiger partial charge in [0.05, 0.1) is 12.9 Å². The van der Waals surface area contributed by atoms with Crippen LogP contribution < -0.4 is 5.73 Å². The Balaban J connectivity index is 2.14. The minimum Gasteiger partial charge on any atom is -0.394 e. The van der Waals surface area contributed by atoms with Gasteiger partial charge < -0.3 is 36.0 Å². The number of fused-ring (bicyclic) bond motifs is 1. The monoisotopic (exact) mass is 341 g/mol. The summed E-state index contributed by atoms with van der Waals surface area (Å²) in [4.78, 5) is 11.9. The molecule has 7 N–H and O–H groups in total. The lowest BCUT2D eigenvalue weighted by molar-refractivity contribution is -0.197. The average molecular weight is 341 g/mol. The van der Waals surface area contributed by atoms with Crippen molar-refractivity contribution in [3.63, 3.8) is 0 Å². The van der Waals surface area contributed by atoms with Crippen LogP contribution in [0.25, 0.3) is 11.2 Å². The molecule has 6 atom stereocenters. The third-order valence-corrected chi connectivity index (χ3v) is 4.28. The van der Waals surface area contributed by atoms with Crippen molar-refractivity contribution in [2.45, 2.75) is 43.2 Å². The second-order valence-electron chi connectivity index (χ2n) is 5.94. The average Bonchev–Trinajstić information content (AvgIpc) is 2.96. The zero-order valence-corrected chi connectivity index (χ0v) is 12.8. The number of aliphatic hydroxyl groups excluding tert-OH is 4. The molecule has 1 aliphatic heterocycles. The number of nitrogen functional groups attached to an aromatic ring is 1. The lowest BCUT2D eigenvalue weighted by Crippen LogP contribution is -2.53. The van der Waals surface area contributed by atoms with Gasteiger partial charge in [-0.2, -0.15) is 0 Å². The van der Waals surface area contributed by atoms with Crippen LogP contribution in [0.15, 0.2) is 12.7 Å². The highest BCUT2D eigenvalue weighted by molar-refractivity contribution is 5.81. The molecule has 3 rings (SSSR count). The van der Waals surface area contributed by atoms with Gasteiger partial charge in [0.25, 0.3) is 0 Å². The standard InChI is InChI=1S/C13H19N5O6/c1-13(23)9(22)8(21)7(20)5(2-19)24-12(13)18-4-17-6-10(14)15-3-16-11(6)18/h3-5,7-9,12,19-23H,2H2,1H3,(H2,14,15,16)/t5-,7-,8-,9-,12-,13-/m1/s1. The lowest BCUT2D eigenvalue weighted by Gasteiger charge is -2.36. The van der Waals surface area contributed by atoms with Crippen molar-refractivity contribution in [1.82, 2.24) is 19.5 Å². The molecule has 2 aromatic rings. The molecule has 132 valence electrons. The quantitative estimate of drug-likeness (QED) is 0.332. The van der Waals surface area contributed by atoms with Crippen LogP contribution in [0.1, 0.15) is 13.2 Å². The van der Waals surface area contributed by atoms with Gasteiger partial charge in [-0.15, -0.1) is 0 Å². The van der Waals surface area contributed by atoms with E-state index in [-0.39, 0.29) is 17.0 Å². The van der Waals surface area contributed by atoms with Gasteiger partial charge in [-0.25, -0.2) is 15.0 Å². The Morgan fingerprint density at radius 2 is 1.96 bits per heavy atom. The minimum atomic E-state index is -2.03. The number of rotatable bonds is 2. The highest BCUT2D eigenvalue weighted by atomic mass is 16.6. The molecule has 0 saturated carbocycles. The Bertz CT molecular complexity index is 737. The number of nitrogens with zero attached hydrogens (tertiary/aromatic N) is 4. The highest BCUT2D eigenvalue weighted by Crippen LogP contribution is 2.36. The van der Waals surface area contributed by atoms with Crippen LogP contribution in [-0.4, -0.2) is 81.7 Å². The summed E-state index contributed by atoms with van der Waals surface area (Å²) < 4.78 is 6.87. The Morgan fingerprint density at radius 1 is 1.25 bits per heavy atom. The molecule has 24 heavy (non-hydrogen) atoms. The fraction of sp³-hybridized carbons (Fsp3) is 0.615. The Labute approximate surface area is 136 Å². The van der Waals surface area contributed by atoms with E-state index in [0.717, 1.165) is 0 Å². The number of nitrogens with two attached hydrogens (primary N) is 1. The molecule has 0 amide bonds. The number of hydrogen-bond acceptors (Lipinski definition) is 10. The first-order chi connectivity index (χ1) is 11.3. The molecule has 0 unspecified atom stereocenters. The first kappa shape index (κ1) is 17.0.